The molecule has 0 spiro atoms. The van der Waals surface area contributed by atoms with Crippen molar-refractivity contribution in [3.8, 4) is 5.75 Å². The molecule has 4 N–H and O–H groups in total. The van der Waals surface area contributed by atoms with Gasteiger partial charge < -0.3 is 25.5 Å². The molecule has 0 bridgehead atoms. The van der Waals surface area contributed by atoms with Crippen molar-refractivity contribution in [3.05, 3.63) is 29.8 Å². The molecule has 0 heterocycles. The lowest BCUT2D eigenvalue weighted by atomic mass is 10.1. The fraction of sp³-hybridized carbons (Fsp3) is 0.526. The van der Waals surface area contributed by atoms with Gasteiger partial charge in [-0.3, -0.25) is 9.59 Å². The van der Waals surface area contributed by atoms with E-state index in [2.05, 4.69) is 6.92 Å². The van der Waals surface area contributed by atoms with E-state index in [4.69, 9.17) is 20.7 Å². The maximum Gasteiger partial charge on any atom is 0.303 e. The molecule has 1 rings (SSSR count). The van der Waals surface area contributed by atoms with Crippen LogP contribution < -0.4 is 5.73 Å². The third-order valence-corrected chi connectivity index (χ3v) is 3.01. The van der Waals surface area contributed by atoms with Gasteiger partial charge >= 0.3 is 5.97 Å². The number of carboxylic acids is 1. The van der Waals surface area contributed by atoms with Crippen LogP contribution in [0.2, 0.25) is 0 Å². The maximum absolute atomic E-state index is 10.4. The van der Waals surface area contributed by atoms with Crippen LogP contribution in [0.15, 0.2) is 24.3 Å². The Labute approximate surface area is 155 Å². The Bertz CT molecular complexity index is 483. The fourth-order valence-electron chi connectivity index (χ4n) is 1.56. The van der Waals surface area contributed by atoms with Crippen LogP contribution in [-0.2, 0) is 25.5 Å². The van der Waals surface area contributed by atoms with Gasteiger partial charge in [0.1, 0.15) is 12.0 Å². The first-order valence-corrected chi connectivity index (χ1v) is 8.57. The molecule has 1 amide bonds. The van der Waals surface area contributed by atoms with Gasteiger partial charge in [-0.2, -0.15) is 0 Å². The van der Waals surface area contributed by atoms with E-state index in [1.165, 1.54) is 12.8 Å². The number of ether oxygens (including phenoxy) is 1. The molecular weight excluding hydrogens is 338 g/mol. The quantitative estimate of drug-likeness (QED) is 0.430. The van der Waals surface area contributed by atoms with Gasteiger partial charge in [-0.05, 0) is 37.0 Å². The first kappa shape index (κ1) is 25.8. The van der Waals surface area contributed by atoms with E-state index < -0.39 is 5.97 Å². The number of carboxylic acid groups (broad SMARTS) is 1. The van der Waals surface area contributed by atoms with Crippen LogP contribution in [0.25, 0.3) is 0 Å². The second-order valence-electron chi connectivity index (χ2n) is 5.43. The Hall–Kier alpha value is -2.41. The normalized spacial score (nSPS) is 9.15. The summed E-state index contributed by atoms with van der Waals surface area (Å²) in [5.41, 5.74) is 5.99. The lowest BCUT2D eigenvalue weighted by Crippen LogP contribution is -2.10. The van der Waals surface area contributed by atoms with E-state index in [-0.39, 0.29) is 18.1 Å². The average Bonchev–Trinajstić information content (AvgIpc) is 2.60. The van der Waals surface area contributed by atoms with Gasteiger partial charge in [0.05, 0.1) is 0 Å². The van der Waals surface area contributed by atoms with Gasteiger partial charge in [-0.1, -0.05) is 25.5 Å². The Morgan fingerprint density at radius 3 is 2.15 bits per heavy atom. The van der Waals surface area contributed by atoms with Crippen LogP contribution in [0.5, 0.6) is 5.75 Å². The number of phenolic OH excluding ortho intramolecular Hbond substituents is 1. The van der Waals surface area contributed by atoms with Crippen molar-refractivity contribution in [2.24, 2.45) is 5.73 Å². The number of primary amides is 1. The molecule has 0 unspecified atom stereocenters. The standard InChI is InChI=1S/C9H11NO2.C5H8O3.C5H12O/c10-9(12)6-3-7-1-4-8(11)5-2-7;6-4-2-1-3-5(7)8;1-3-4-5-6-2/h1-2,4-5,11H,3,6H2,(H2,10,12);4H,1-3H2,(H,7,8);3-5H2,1-2H3. The second-order valence-corrected chi connectivity index (χ2v) is 5.43. The number of carbonyl (C=O) groups excluding carboxylic acids is 2. The molecular formula is C19H31NO6. The molecule has 7 nitrogen and oxygen atoms in total. The van der Waals surface area contributed by atoms with Crippen LogP contribution in [0.4, 0.5) is 0 Å². The molecule has 0 saturated carbocycles. The molecule has 1 aromatic rings. The molecule has 0 aliphatic rings. The Morgan fingerprint density at radius 1 is 1.15 bits per heavy atom. The van der Waals surface area contributed by atoms with Gasteiger partial charge in [-0.25, -0.2) is 0 Å². The summed E-state index contributed by atoms with van der Waals surface area (Å²) < 4.78 is 4.78. The Morgan fingerprint density at radius 2 is 1.77 bits per heavy atom. The number of carbonyl (C=O) groups is 3. The number of phenols is 1. The van der Waals surface area contributed by atoms with Crippen molar-refractivity contribution in [1.82, 2.24) is 0 Å². The van der Waals surface area contributed by atoms with Crippen LogP contribution in [0.3, 0.4) is 0 Å². The summed E-state index contributed by atoms with van der Waals surface area (Å²) >= 11 is 0. The van der Waals surface area contributed by atoms with Crippen molar-refractivity contribution in [3.63, 3.8) is 0 Å². The summed E-state index contributed by atoms with van der Waals surface area (Å²) in [6.45, 7) is 3.07. The SMILES string of the molecule is CCCCOC.NC(=O)CCc1ccc(O)cc1.O=CCCCC(=O)O. The summed E-state index contributed by atoms with van der Waals surface area (Å²) in [5.74, 6) is -0.909. The van der Waals surface area contributed by atoms with Crippen molar-refractivity contribution in [1.29, 1.82) is 0 Å². The largest absolute Gasteiger partial charge is 0.508 e. The van der Waals surface area contributed by atoms with Crippen molar-refractivity contribution in [2.75, 3.05) is 13.7 Å². The number of unbranched alkanes of at least 4 members (excludes halogenated alkanes) is 2. The third-order valence-electron chi connectivity index (χ3n) is 3.01. The minimum atomic E-state index is -0.841. The summed E-state index contributed by atoms with van der Waals surface area (Å²) in [7, 11) is 1.73. The molecule has 0 radical (unpaired) electrons. The van der Waals surface area contributed by atoms with E-state index in [0.717, 1.165) is 18.5 Å². The molecule has 148 valence electrons. The predicted molar refractivity (Wildman–Crippen MR) is 100.0 cm³/mol. The monoisotopic (exact) mass is 369 g/mol. The zero-order valence-corrected chi connectivity index (χ0v) is 15.6. The highest BCUT2D eigenvalue weighted by molar-refractivity contribution is 5.74. The Kier molecular flexibility index (Phi) is 18.8. The second kappa shape index (κ2) is 18.9. The van der Waals surface area contributed by atoms with E-state index in [9.17, 15) is 14.4 Å². The van der Waals surface area contributed by atoms with E-state index >= 15 is 0 Å². The van der Waals surface area contributed by atoms with Crippen molar-refractivity contribution in [2.45, 2.75) is 51.9 Å². The highest BCUT2D eigenvalue weighted by atomic mass is 16.5. The number of aldehydes is 1. The van der Waals surface area contributed by atoms with Gasteiger partial charge in [0.15, 0.2) is 0 Å². The van der Waals surface area contributed by atoms with Crippen LogP contribution in [0.1, 0.15) is 51.0 Å². The molecule has 0 aromatic heterocycles. The number of methoxy groups -OCH3 is 1. The van der Waals surface area contributed by atoms with Crippen LogP contribution >= 0.6 is 0 Å². The van der Waals surface area contributed by atoms with Gasteiger partial charge in [-0.15, -0.1) is 0 Å². The zero-order valence-electron chi connectivity index (χ0n) is 15.6. The van der Waals surface area contributed by atoms with Crippen molar-refractivity contribution < 1.29 is 29.3 Å². The third kappa shape index (κ3) is 21.6. The van der Waals surface area contributed by atoms with Crippen LogP contribution in [-0.4, -0.2) is 42.1 Å². The number of benzene rings is 1. The summed E-state index contributed by atoms with van der Waals surface area (Å²) in [4.78, 5) is 29.8. The zero-order chi connectivity index (χ0) is 20.2. The molecule has 26 heavy (non-hydrogen) atoms. The van der Waals surface area contributed by atoms with Gasteiger partial charge in [0.25, 0.3) is 0 Å². The molecule has 0 saturated heterocycles. The number of hydrogen-bond donors (Lipinski definition) is 3. The fourth-order valence-corrected chi connectivity index (χ4v) is 1.56. The summed E-state index contributed by atoms with van der Waals surface area (Å²) in [6, 6.07) is 6.74. The smallest absolute Gasteiger partial charge is 0.303 e. The predicted octanol–water partition coefficient (Wildman–Crippen LogP) is 2.68. The number of aromatic hydroxyl groups is 1. The molecule has 0 aliphatic carbocycles. The number of nitrogens with two attached hydrogens (primary N) is 1. The first-order chi connectivity index (χ1) is 12.4. The minimum Gasteiger partial charge on any atom is -0.508 e. The highest BCUT2D eigenvalue weighted by Crippen LogP contribution is 2.10. The molecule has 0 aliphatic heterocycles. The number of amides is 1. The van der Waals surface area contributed by atoms with E-state index in [0.29, 0.717) is 25.7 Å². The first-order valence-electron chi connectivity index (χ1n) is 8.57. The maximum atomic E-state index is 10.4. The molecule has 0 fully saturated rings. The van der Waals surface area contributed by atoms with Gasteiger partial charge in [0.2, 0.25) is 5.91 Å². The molecule has 0 atom stereocenters. The summed E-state index contributed by atoms with van der Waals surface area (Å²) in [5, 5.41) is 17.0. The molecule has 7 heteroatoms. The Balaban J connectivity index is 0. The van der Waals surface area contributed by atoms with Gasteiger partial charge in [0, 0.05) is 33.0 Å². The van der Waals surface area contributed by atoms with Crippen LogP contribution in [0, 0.1) is 0 Å². The minimum absolute atomic E-state index is 0.0960. The number of rotatable bonds is 10. The number of aryl methyl sites for hydroxylation is 1. The van der Waals surface area contributed by atoms with E-state index in [1.807, 2.05) is 0 Å². The highest BCUT2D eigenvalue weighted by Gasteiger charge is 1.96. The van der Waals surface area contributed by atoms with E-state index in [1.54, 1.807) is 31.4 Å². The lowest BCUT2D eigenvalue weighted by molar-refractivity contribution is -0.137. The summed E-state index contributed by atoms with van der Waals surface area (Å²) in [6.07, 6.45) is 5.04. The average molecular weight is 369 g/mol. The molecule has 1 aromatic carbocycles. The lowest BCUT2D eigenvalue weighted by Gasteiger charge is -1.98. The number of hydrogen-bond acceptors (Lipinski definition) is 5. The van der Waals surface area contributed by atoms with Crippen molar-refractivity contribution >= 4 is 18.2 Å². The number of aliphatic carboxylic acids is 1. The topological polar surface area (TPSA) is 127 Å².